The molecule has 0 saturated heterocycles. The third-order valence-corrected chi connectivity index (χ3v) is 7.69. The van der Waals surface area contributed by atoms with Crippen LogP contribution < -0.4 is 19.1 Å². The zero-order valence-corrected chi connectivity index (χ0v) is 23.1. The van der Waals surface area contributed by atoms with Crippen LogP contribution in [-0.4, -0.2) is 57.3 Å². The van der Waals surface area contributed by atoms with Crippen LogP contribution in [0.25, 0.3) is 0 Å². The predicted molar refractivity (Wildman–Crippen MR) is 149 cm³/mol. The Kier molecular flexibility index (Phi) is 8.75. The molecule has 3 aromatic rings. The van der Waals surface area contributed by atoms with Gasteiger partial charge in [-0.25, -0.2) is 8.42 Å². The lowest BCUT2D eigenvalue weighted by Gasteiger charge is -2.33. The van der Waals surface area contributed by atoms with Crippen LogP contribution in [0.15, 0.2) is 72.8 Å². The normalized spacial score (nSPS) is 13.0. The van der Waals surface area contributed by atoms with Gasteiger partial charge in [-0.05, 0) is 42.7 Å². The fraction of sp³-hybridized carbons (Fsp3) is 0.310. The molecule has 1 N–H and O–H groups in total. The van der Waals surface area contributed by atoms with Crippen LogP contribution in [0.1, 0.15) is 23.6 Å². The van der Waals surface area contributed by atoms with Crippen molar-refractivity contribution in [1.29, 1.82) is 0 Å². The summed E-state index contributed by atoms with van der Waals surface area (Å²) in [5, 5.41) is 2.85. The van der Waals surface area contributed by atoms with Gasteiger partial charge in [0.15, 0.2) is 11.5 Å². The SMILES string of the molecule is CCNC(=O)C(Cc1ccccc1)N(Cc1ccccc1C)C(=O)CN(c1ccc2c(c1)OCO2)S(C)(=O)=O. The van der Waals surface area contributed by atoms with E-state index >= 15 is 0 Å². The molecular formula is C29H33N3O6S. The molecule has 9 nitrogen and oxygen atoms in total. The molecule has 1 aliphatic heterocycles. The number of anilines is 1. The van der Waals surface area contributed by atoms with Crippen molar-refractivity contribution in [1.82, 2.24) is 10.2 Å². The first kappa shape index (κ1) is 28.0. The van der Waals surface area contributed by atoms with Gasteiger partial charge in [-0.2, -0.15) is 0 Å². The molecule has 39 heavy (non-hydrogen) atoms. The van der Waals surface area contributed by atoms with Gasteiger partial charge in [-0.15, -0.1) is 0 Å². The molecule has 0 bridgehead atoms. The number of sulfonamides is 1. The second-order valence-electron chi connectivity index (χ2n) is 9.36. The highest BCUT2D eigenvalue weighted by Gasteiger charge is 2.33. The van der Waals surface area contributed by atoms with E-state index in [4.69, 9.17) is 9.47 Å². The minimum Gasteiger partial charge on any atom is -0.454 e. The van der Waals surface area contributed by atoms with Gasteiger partial charge in [0.05, 0.1) is 11.9 Å². The van der Waals surface area contributed by atoms with E-state index in [0.29, 0.717) is 18.0 Å². The fourth-order valence-corrected chi connectivity index (χ4v) is 5.31. The van der Waals surface area contributed by atoms with Crippen LogP contribution >= 0.6 is 0 Å². The summed E-state index contributed by atoms with van der Waals surface area (Å²) in [6.07, 6.45) is 1.31. The minimum absolute atomic E-state index is 0.0362. The number of ether oxygens (including phenoxy) is 2. The van der Waals surface area contributed by atoms with Crippen molar-refractivity contribution >= 4 is 27.5 Å². The van der Waals surface area contributed by atoms with Crippen molar-refractivity contribution in [2.45, 2.75) is 32.9 Å². The number of hydrogen-bond donors (Lipinski definition) is 1. The van der Waals surface area contributed by atoms with Crippen LogP contribution in [0.2, 0.25) is 0 Å². The van der Waals surface area contributed by atoms with Gasteiger partial charge in [-0.3, -0.25) is 13.9 Å². The maximum absolute atomic E-state index is 14.0. The Morgan fingerprint density at radius 1 is 0.974 bits per heavy atom. The molecule has 1 unspecified atom stereocenters. The number of benzene rings is 3. The summed E-state index contributed by atoms with van der Waals surface area (Å²) >= 11 is 0. The maximum atomic E-state index is 14.0. The molecule has 0 spiro atoms. The van der Waals surface area contributed by atoms with E-state index in [1.165, 1.54) is 11.0 Å². The monoisotopic (exact) mass is 551 g/mol. The number of likely N-dealkylation sites (N-methyl/N-ethyl adjacent to an activating group) is 1. The number of hydrogen-bond acceptors (Lipinski definition) is 6. The van der Waals surface area contributed by atoms with Crippen molar-refractivity contribution < 1.29 is 27.5 Å². The van der Waals surface area contributed by atoms with Crippen molar-refractivity contribution in [2.24, 2.45) is 0 Å². The highest BCUT2D eigenvalue weighted by atomic mass is 32.2. The lowest BCUT2D eigenvalue weighted by Crippen LogP contribution is -2.53. The van der Waals surface area contributed by atoms with Crippen LogP contribution in [0.4, 0.5) is 5.69 Å². The smallest absolute Gasteiger partial charge is 0.244 e. The summed E-state index contributed by atoms with van der Waals surface area (Å²) in [5.74, 6) is 0.0827. The fourth-order valence-electron chi connectivity index (χ4n) is 4.47. The van der Waals surface area contributed by atoms with Gasteiger partial charge in [-0.1, -0.05) is 54.6 Å². The van der Waals surface area contributed by atoms with Crippen molar-refractivity contribution in [3.05, 3.63) is 89.5 Å². The summed E-state index contributed by atoms with van der Waals surface area (Å²) in [4.78, 5) is 28.9. The molecule has 0 fully saturated rings. The molecule has 1 heterocycles. The molecule has 0 aromatic heterocycles. The van der Waals surface area contributed by atoms with Gasteiger partial charge in [0.2, 0.25) is 28.6 Å². The Morgan fingerprint density at radius 2 is 1.67 bits per heavy atom. The van der Waals surface area contributed by atoms with E-state index < -0.39 is 28.5 Å². The average Bonchev–Trinajstić information content (AvgIpc) is 3.38. The summed E-state index contributed by atoms with van der Waals surface area (Å²) in [7, 11) is -3.87. The summed E-state index contributed by atoms with van der Waals surface area (Å²) in [6, 6.07) is 20.9. The molecule has 2 amide bonds. The topological polar surface area (TPSA) is 105 Å². The molecule has 0 aliphatic carbocycles. The minimum atomic E-state index is -3.87. The molecule has 3 aromatic carbocycles. The zero-order valence-electron chi connectivity index (χ0n) is 22.3. The lowest BCUT2D eigenvalue weighted by atomic mass is 10.0. The first-order chi connectivity index (χ1) is 18.7. The number of carbonyl (C=O) groups excluding carboxylic acids is 2. The third-order valence-electron chi connectivity index (χ3n) is 6.55. The molecular weight excluding hydrogens is 518 g/mol. The van der Waals surface area contributed by atoms with Crippen LogP contribution in [0.5, 0.6) is 11.5 Å². The first-order valence-corrected chi connectivity index (χ1v) is 14.5. The van der Waals surface area contributed by atoms with Crippen molar-refractivity contribution in [2.75, 3.05) is 30.4 Å². The predicted octanol–water partition coefficient (Wildman–Crippen LogP) is 3.27. The molecule has 10 heteroatoms. The van der Waals surface area contributed by atoms with Gasteiger partial charge < -0.3 is 19.7 Å². The van der Waals surface area contributed by atoms with Crippen molar-refractivity contribution in [3.8, 4) is 11.5 Å². The third kappa shape index (κ3) is 6.88. The van der Waals surface area contributed by atoms with Gasteiger partial charge in [0, 0.05) is 25.6 Å². The molecule has 1 aliphatic rings. The first-order valence-electron chi connectivity index (χ1n) is 12.7. The molecule has 206 valence electrons. The zero-order chi connectivity index (χ0) is 28.0. The Hall–Kier alpha value is -4.05. The summed E-state index contributed by atoms with van der Waals surface area (Å²) in [5.41, 5.74) is 2.97. The van der Waals surface area contributed by atoms with E-state index in [1.54, 1.807) is 12.1 Å². The number of carbonyl (C=O) groups is 2. The number of aryl methyl sites for hydroxylation is 1. The molecule has 0 saturated carbocycles. The van der Waals surface area contributed by atoms with E-state index in [0.717, 1.165) is 27.3 Å². The van der Waals surface area contributed by atoms with Crippen LogP contribution in [0.3, 0.4) is 0 Å². The van der Waals surface area contributed by atoms with E-state index in [2.05, 4.69) is 5.32 Å². The van der Waals surface area contributed by atoms with Gasteiger partial charge in [0.1, 0.15) is 12.6 Å². The number of rotatable bonds is 11. The number of nitrogens with one attached hydrogen (secondary N) is 1. The standard InChI is InChI=1S/C29H33N3O6S/c1-4-30-29(34)25(16-22-11-6-5-7-12-22)31(18-23-13-9-8-10-21(23)2)28(33)19-32(39(3,35)36)24-14-15-26-27(17-24)38-20-37-26/h5-15,17,25H,4,16,18-20H2,1-3H3,(H,30,34). The van der Waals surface area contributed by atoms with E-state index in [9.17, 15) is 18.0 Å². The number of nitrogens with zero attached hydrogens (tertiary/aromatic N) is 2. The Balaban J connectivity index is 1.72. The number of fused-ring (bicyclic) bond motifs is 1. The van der Waals surface area contributed by atoms with Gasteiger partial charge in [0.25, 0.3) is 0 Å². The Morgan fingerprint density at radius 3 is 2.36 bits per heavy atom. The van der Waals surface area contributed by atoms with Crippen LogP contribution in [0, 0.1) is 6.92 Å². The summed E-state index contributed by atoms with van der Waals surface area (Å²) in [6.45, 7) is 3.83. The van der Waals surface area contributed by atoms with Crippen molar-refractivity contribution in [3.63, 3.8) is 0 Å². The highest BCUT2D eigenvalue weighted by Crippen LogP contribution is 2.36. The largest absolute Gasteiger partial charge is 0.454 e. The summed E-state index contributed by atoms with van der Waals surface area (Å²) < 4.78 is 37.6. The second kappa shape index (κ2) is 12.2. The highest BCUT2D eigenvalue weighted by molar-refractivity contribution is 7.92. The molecule has 4 rings (SSSR count). The maximum Gasteiger partial charge on any atom is 0.244 e. The quantitative estimate of drug-likeness (QED) is 0.392. The number of amides is 2. The van der Waals surface area contributed by atoms with E-state index in [1.807, 2.05) is 68.4 Å². The lowest BCUT2D eigenvalue weighted by molar-refractivity contribution is -0.140. The van der Waals surface area contributed by atoms with E-state index in [-0.39, 0.29) is 31.4 Å². The Bertz CT molecular complexity index is 1430. The second-order valence-corrected chi connectivity index (χ2v) is 11.3. The Labute approximate surface area is 229 Å². The van der Waals surface area contributed by atoms with Gasteiger partial charge >= 0.3 is 0 Å². The average molecular weight is 552 g/mol. The molecule has 1 atom stereocenters. The van der Waals surface area contributed by atoms with Crippen LogP contribution in [-0.2, 0) is 32.6 Å². The molecule has 0 radical (unpaired) electrons.